The molecule has 2 heterocycles. The Balaban J connectivity index is 0.000000521. The van der Waals surface area contributed by atoms with E-state index in [4.69, 9.17) is 19.8 Å². The number of carboxylic acids is 2. The van der Waals surface area contributed by atoms with Crippen LogP contribution in [0, 0.1) is 0 Å². The monoisotopic (exact) mass is 737 g/mol. The van der Waals surface area contributed by atoms with Crippen molar-refractivity contribution < 1.29 is 77.6 Å². The molecule has 1 saturated heterocycles. The van der Waals surface area contributed by atoms with Crippen LogP contribution in [0.2, 0.25) is 0 Å². The average Bonchev–Trinajstić information content (AvgIpc) is 3.01. The zero-order valence-corrected chi connectivity index (χ0v) is 25.2. The van der Waals surface area contributed by atoms with Crippen LogP contribution in [0.25, 0.3) is 11.1 Å². The number of alkyl halides is 12. The summed E-state index contributed by atoms with van der Waals surface area (Å²) in [5, 5.41) is 23.8. The second kappa shape index (κ2) is 16.5. The molecule has 0 amide bonds. The van der Waals surface area contributed by atoms with E-state index in [1.54, 1.807) is 24.5 Å². The van der Waals surface area contributed by atoms with Crippen LogP contribution < -0.4 is 0 Å². The Morgan fingerprint density at radius 3 is 1.16 bits per heavy atom. The first-order valence-electron chi connectivity index (χ1n) is 13.9. The second-order valence-corrected chi connectivity index (χ2v) is 10.5. The zero-order valence-electron chi connectivity index (χ0n) is 25.2. The number of aliphatic hydroxyl groups is 1. The summed E-state index contributed by atoms with van der Waals surface area (Å²) in [6.07, 6.45) is -18.4. The van der Waals surface area contributed by atoms with Gasteiger partial charge in [0, 0.05) is 57.2 Å². The van der Waals surface area contributed by atoms with Crippen LogP contribution in [0.1, 0.15) is 16.7 Å². The maximum atomic E-state index is 13.1. The number of aliphatic carboxylic acids is 2. The molecule has 0 atom stereocenters. The van der Waals surface area contributed by atoms with Crippen LogP contribution in [0.5, 0.6) is 0 Å². The zero-order chi connectivity index (χ0) is 38.1. The lowest BCUT2D eigenvalue weighted by molar-refractivity contribution is -0.376. The van der Waals surface area contributed by atoms with Gasteiger partial charge in [0.1, 0.15) is 0 Å². The summed E-state index contributed by atoms with van der Waals surface area (Å²) < 4.78 is 142. The van der Waals surface area contributed by atoms with E-state index >= 15 is 0 Å². The van der Waals surface area contributed by atoms with Gasteiger partial charge in [-0.25, -0.2) is 9.59 Å². The van der Waals surface area contributed by atoms with Gasteiger partial charge in [0.15, 0.2) is 0 Å². The molecule has 276 valence electrons. The van der Waals surface area contributed by atoms with Crippen LogP contribution in [0.15, 0.2) is 73.1 Å². The van der Waals surface area contributed by atoms with Crippen LogP contribution in [0.3, 0.4) is 0 Å². The first-order valence-corrected chi connectivity index (χ1v) is 13.9. The van der Waals surface area contributed by atoms with Gasteiger partial charge in [-0.2, -0.15) is 52.7 Å². The standard InChI is InChI=1S/C26H25F6N3O.2C2HF3O2/c27-25(28,29)24(36,26(30,31)32)23-7-5-22(6-8-23)21-3-1-19(2-4-21)17-34-13-15-35(16-14-34)18-20-9-11-33-12-10-20;2*3-2(4,5)1(6)7/h1-12,36H,13-18H2;2*(H,6,7). The molecule has 2 aromatic carbocycles. The Kier molecular flexibility index (Phi) is 13.8. The quantitative estimate of drug-likeness (QED) is 0.242. The number of benzene rings is 2. The maximum absolute atomic E-state index is 13.1. The average molecular weight is 738 g/mol. The predicted molar refractivity (Wildman–Crippen MR) is 150 cm³/mol. The fraction of sp³-hybridized carbons (Fsp3) is 0.367. The van der Waals surface area contributed by atoms with Crippen molar-refractivity contribution in [1.29, 1.82) is 0 Å². The fourth-order valence-corrected chi connectivity index (χ4v) is 4.30. The third-order valence-electron chi connectivity index (χ3n) is 6.92. The first-order chi connectivity index (χ1) is 22.9. The topological polar surface area (TPSA) is 114 Å². The summed E-state index contributed by atoms with van der Waals surface area (Å²) in [5.74, 6) is -5.51. The van der Waals surface area contributed by atoms with E-state index in [0.29, 0.717) is 23.3 Å². The highest BCUT2D eigenvalue weighted by Crippen LogP contribution is 2.50. The number of halogens is 12. The van der Waals surface area contributed by atoms with Crippen molar-refractivity contribution in [1.82, 2.24) is 14.8 Å². The Hall–Kier alpha value is -4.43. The molecular formula is C30H27F12N3O5. The van der Waals surface area contributed by atoms with E-state index in [0.717, 1.165) is 57.0 Å². The summed E-state index contributed by atoms with van der Waals surface area (Å²) >= 11 is 0. The highest BCUT2D eigenvalue weighted by atomic mass is 19.4. The first kappa shape index (κ1) is 41.7. The van der Waals surface area contributed by atoms with Gasteiger partial charge in [0.25, 0.3) is 5.60 Å². The Morgan fingerprint density at radius 2 is 0.860 bits per heavy atom. The number of nitrogens with zero attached hydrogens (tertiary/aromatic N) is 3. The third-order valence-corrected chi connectivity index (χ3v) is 6.92. The molecule has 8 nitrogen and oxygen atoms in total. The molecule has 1 fully saturated rings. The van der Waals surface area contributed by atoms with Gasteiger partial charge < -0.3 is 15.3 Å². The molecule has 0 saturated carbocycles. The fourth-order valence-electron chi connectivity index (χ4n) is 4.30. The van der Waals surface area contributed by atoms with E-state index in [9.17, 15) is 57.8 Å². The lowest BCUT2D eigenvalue weighted by Gasteiger charge is -2.34. The summed E-state index contributed by atoms with van der Waals surface area (Å²) in [6.45, 7) is 5.33. The van der Waals surface area contributed by atoms with Crippen LogP contribution in [-0.2, 0) is 28.3 Å². The van der Waals surface area contributed by atoms with Crippen molar-refractivity contribution in [2.24, 2.45) is 0 Å². The van der Waals surface area contributed by atoms with Gasteiger partial charge in [-0.1, -0.05) is 48.5 Å². The number of piperazine rings is 1. The summed E-state index contributed by atoms with van der Waals surface area (Å²) in [5.41, 5.74) is -2.82. The molecule has 1 aliphatic heterocycles. The van der Waals surface area contributed by atoms with Gasteiger partial charge in [-0.15, -0.1) is 0 Å². The molecule has 1 aliphatic rings. The molecule has 4 rings (SSSR count). The predicted octanol–water partition coefficient (Wildman–Crippen LogP) is 6.65. The van der Waals surface area contributed by atoms with Crippen molar-refractivity contribution in [2.75, 3.05) is 26.2 Å². The Labute approximate surface area is 275 Å². The second-order valence-electron chi connectivity index (χ2n) is 10.5. The van der Waals surface area contributed by atoms with E-state index in [1.165, 1.54) is 5.56 Å². The Bertz CT molecular complexity index is 1480. The molecule has 0 bridgehead atoms. The minimum atomic E-state index is -5.90. The molecule has 0 unspecified atom stereocenters. The number of carboxylic acid groups (broad SMARTS) is 2. The summed E-state index contributed by atoms with van der Waals surface area (Å²) in [4.78, 5) is 26.5. The molecule has 0 aliphatic carbocycles. The smallest absolute Gasteiger partial charge is 0.475 e. The minimum absolute atomic E-state index is 0.446. The molecule has 0 spiro atoms. The van der Waals surface area contributed by atoms with Gasteiger partial charge in [0.05, 0.1) is 0 Å². The van der Waals surface area contributed by atoms with Crippen molar-refractivity contribution in [3.05, 3.63) is 89.7 Å². The molecule has 50 heavy (non-hydrogen) atoms. The van der Waals surface area contributed by atoms with E-state index in [1.807, 2.05) is 24.3 Å². The maximum Gasteiger partial charge on any atom is 0.490 e. The number of aromatic nitrogens is 1. The van der Waals surface area contributed by atoms with Crippen LogP contribution in [0.4, 0.5) is 52.7 Å². The highest BCUT2D eigenvalue weighted by Gasteiger charge is 2.71. The lowest BCUT2D eigenvalue weighted by Crippen LogP contribution is -2.53. The van der Waals surface area contributed by atoms with Crippen LogP contribution in [-0.4, -0.2) is 92.9 Å². The Morgan fingerprint density at radius 1 is 0.560 bits per heavy atom. The van der Waals surface area contributed by atoms with Crippen LogP contribution >= 0.6 is 0 Å². The number of hydrogen-bond donors (Lipinski definition) is 3. The number of carbonyl (C=O) groups is 2. The normalized spacial score (nSPS) is 14.9. The van der Waals surface area contributed by atoms with Gasteiger partial charge >= 0.3 is 36.6 Å². The third kappa shape index (κ3) is 11.9. The number of rotatable bonds is 6. The number of pyridine rings is 1. The summed E-state index contributed by atoms with van der Waals surface area (Å²) in [6, 6.07) is 15.0. The van der Waals surface area contributed by atoms with Crippen molar-refractivity contribution in [3.63, 3.8) is 0 Å². The molecule has 1 aromatic heterocycles. The van der Waals surface area contributed by atoms with E-state index in [2.05, 4.69) is 14.8 Å². The molecule has 0 radical (unpaired) electrons. The van der Waals surface area contributed by atoms with E-state index < -0.39 is 47.8 Å². The lowest BCUT2D eigenvalue weighted by atomic mass is 9.90. The van der Waals surface area contributed by atoms with Crippen molar-refractivity contribution in [2.45, 2.75) is 43.4 Å². The van der Waals surface area contributed by atoms with Crippen molar-refractivity contribution in [3.8, 4) is 11.1 Å². The molecule has 20 heteroatoms. The van der Waals surface area contributed by atoms with Gasteiger partial charge in [0.2, 0.25) is 0 Å². The SMILES string of the molecule is O=C(O)C(F)(F)F.O=C(O)C(F)(F)F.OC(c1ccc(-c2ccc(CN3CCN(Cc4ccncc4)CC3)cc2)cc1)(C(F)(F)F)C(F)(F)F. The van der Waals surface area contributed by atoms with Gasteiger partial charge in [-0.3, -0.25) is 14.8 Å². The molecule has 3 aromatic rings. The number of hydrogen-bond acceptors (Lipinski definition) is 6. The highest BCUT2D eigenvalue weighted by molar-refractivity contribution is 5.73. The minimum Gasteiger partial charge on any atom is -0.475 e. The molecule has 3 N–H and O–H groups in total. The largest absolute Gasteiger partial charge is 0.490 e. The molecular weight excluding hydrogens is 710 g/mol. The summed E-state index contributed by atoms with van der Waals surface area (Å²) in [7, 11) is 0. The van der Waals surface area contributed by atoms with Gasteiger partial charge in [-0.05, 0) is 34.4 Å². The van der Waals surface area contributed by atoms with Crippen molar-refractivity contribution >= 4 is 11.9 Å². The van der Waals surface area contributed by atoms with E-state index in [-0.39, 0.29) is 0 Å².